The molecule has 0 atom stereocenters. The van der Waals surface area contributed by atoms with Crippen LogP contribution in [-0.4, -0.2) is 25.3 Å². The predicted molar refractivity (Wildman–Crippen MR) is 50.3 cm³/mol. The minimum atomic E-state index is -5.66. The van der Waals surface area contributed by atoms with Crippen LogP contribution in [0.2, 0.25) is 0 Å². The largest absolute Gasteiger partial charge is 0.534 e. The molecule has 94 valence electrons. The fourth-order valence-corrected chi connectivity index (χ4v) is 1.64. The second-order valence-electron chi connectivity index (χ2n) is 3.06. The molecular formula is C7H6F3N3O3S. The summed E-state index contributed by atoms with van der Waals surface area (Å²) in [5, 5.41) is 4.86. The quantitative estimate of drug-likeness (QED) is 0.592. The molecule has 2 aliphatic rings. The maximum absolute atomic E-state index is 12.1. The van der Waals surface area contributed by atoms with Gasteiger partial charge in [-0.15, -0.1) is 0 Å². The van der Waals surface area contributed by atoms with E-state index in [1.165, 1.54) is 12.3 Å². The highest BCUT2D eigenvalue weighted by Gasteiger charge is 2.49. The number of hydrogen-bond donors (Lipinski definition) is 1. The summed E-state index contributed by atoms with van der Waals surface area (Å²) in [6.07, 6.45) is 4.33. The van der Waals surface area contributed by atoms with Gasteiger partial charge in [-0.1, -0.05) is 0 Å². The molecule has 0 aromatic carbocycles. The highest BCUT2D eigenvalue weighted by molar-refractivity contribution is 7.87. The molecule has 0 radical (unpaired) electrons. The molecule has 0 saturated carbocycles. The van der Waals surface area contributed by atoms with Crippen LogP contribution in [0.1, 0.15) is 6.42 Å². The van der Waals surface area contributed by atoms with Crippen LogP contribution in [0.3, 0.4) is 0 Å². The minimum Gasteiger partial charge on any atom is -0.372 e. The first kappa shape index (κ1) is 11.8. The molecule has 0 aliphatic carbocycles. The third-order valence-corrected chi connectivity index (χ3v) is 2.86. The molecule has 0 aromatic rings. The van der Waals surface area contributed by atoms with Crippen molar-refractivity contribution in [2.45, 2.75) is 11.9 Å². The monoisotopic (exact) mass is 269 g/mol. The summed E-state index contributed by atoms with van der Waals surface area (Å²) in [6, 6.07) is 0. The first-order valence-electron chi connectivity index (χ1n) is 4.31. The molecule has 10 heteroatoms. The van der Waals surface area contributed by atoms with Gasteiger partial charge in [-0.25, -0.2) is 0 Å². The number of halogens is 3. The van der Waals surface area contributed by atoms with Gasteiger partial charge in [0, 0.05) is 12.6 Å². The van der Waals surface area contributed by atoms with Crippen LogP contribution in [0, 0.1) is 0 Å². The van der Waals surface area contributed by atoms with E-state index >= 15 is 0 Å². The molecule has 0 saturated heterocycles. The summed E-state index contributed by atoms with van der Waals surface area (Å²) >= 11 is 0. The average molecular weight is 269 g/mol. The van der Waals surface area contributed by atoms with Crippen molar-refractivity contribution >= 4 is 16.3 Å². The van der Waals surface area contributed by atoms with E-state index in [1.54, 1.807) is 0 Å². The number of nitrogens with one attached hydrogen (secondary N) is 1. The number of nitrogens with zero attached hydrogens (tertiary/aromatic N) is 2. The van der Waals surface area contributed by atoms with Gasteiger partial charge in [0.05, 0.1) is 6.20 Å². The van der Waals surface area contributed by atoms with Gasteiger partial charge >= 0.3 is 15.6 Å². The third-order valence-electron chi connectivity index (χ3n) is 1.90. The molecule has 0 bridgehead atoms. The molecule has 2 aliphatic heterocycles. The zero-order chi connectivity index (χ0) is 12.7. The lowest BCUT2D eigenvalue weighted by atomic mass is 10.3. The lowest BCUT2D eigenvalue weighted by Crippen LogP contribution is -2.27. The zero-order valence-corrected chi connectivity index (χ0v) is 8.92. The number of hydrazine groups is 1. The van der Waals surface area contributed by atoms with E-state index in [4.69, 9.17) is 0 Å². The van der Waals surface area contributed by atoms with Crippen molar-refractivity contribution in [3.63, 3.8) is 0 Å². The Hall–Kier alpha value is -1.71. The SMILES string of the molecule is O=S(=O)(OC1=CNN2N=CCC=C12)C(F)(F)F. The van der Waals surface area contributed by atoms with Gasteiger partial charge in [0.25, 0.3) is 0 Å². The highest BCUT2D eigenvalue weighted by atomic mass is 32.2. The van der Waals surface area contributed by atoms with E-state index in [9.17, 15) is 21.6 Å². The maximum atomic E-state index is 12.1. The summed E-state index contributed by atoms with van der Waals surface area (Å²) in [4.78, 5) is 0. The normalized spacial score (nSPS) is 19.4. The van der Waals surface area contributed by atoms with Crippen molar-refractivity contribution in [1.82, 2.24) is 10.5 Å². The molecule has 6 nitrogen and oxygen atoms in total. The van der Waals surface area contributed by atoms with Gasteiger partial charge in [-0.05, 0) is 6.08 Å². The third kappa shape index (κ3) is 2.07. The van der Waals surface area contributed by atoms with Gasteiger partial charge in [0.2, 0.25) is 0 Å². The van der Waals surface area contributed by atoms with Gasteiger partial charge in [-0.2, -0.15) is 31.8 Å². The van der Waals surface area contributed by atoms with Crippen molar-refractivity contribution in [2.24, 2.45) is 5.10 Å². The van der Waals surface area contributed by atoms with Crippen LogP contribution in [0.4, 0.5) is 13.2 Å². The molecule has 1 N–H and O–H groups in total. The predicted octanol–water partition coefficient (Wildman–Crippen LogP) is 0.788. The summed E-state index contributed by atoms with van der Waals surface area (Å²) in [7, 11) is -5.66. The Balaban J connectivity index is 2.20. The van der Waals surface area contributed by atoms with Crippen LogP contribution in [0.15, 0.2) is 28.8 Å². The molecular weight excluding hydrogens is 263 g/mol. The number of fused-ring (bicyclic) bond motifs is 1. The lowest BCUT2D eigenvalue weighted by molar-refractivity contribution is -0.0520. The van der Waals surface area contributed by atoms with Crippen molar-refractivity contribution < 1.29 is 25.8 Å². The Labute approximate surface area is 94.1 Å². The zero-order valence-electron chi connectivity index (χ0n) is 8.10. The van der Waals surface area contributed by atoms with E-state index in [1.807, 2.05) is 0 Å². The van der Waals surface area contributed by atoms with Gasteiger partial charge < -0.3 is 4.18 Å². The molecule has 0 amide bonds. The van der Waals surface area contributed by atoms with Crippen LogP contribution in [-0.2, 0) is 14.3 Å². The number of hydrazone groups is 1. The smallest absolute Gasteiger partial charge is 0.372 e. The highest BCUT2D eigenvalue weighted by Crippen LogP contribution is 2.31. The summed E-state index contributed by atoms with van der Waals surface area (Å²) < 4.78 is 61.8. The first-order chi connectivity index (χ1) is 7.81. The maximum Gasteiger partial charge on any atom is 0.534 e. The Kier molecular flexibility index (Phi) is 2.53. The number of rotatable bonds is 2. The van der Waals surface area contributed by atoms with E-state index in [0.717, 1.165) is 11.3 Å². The summed E-state index contributed by atoms with van der Waals surface area (Å²) in [5.74, 6) is -0.445. The standard InChI is InChI=1S/C7H6F3N3O3S/c8-7(9,10)17(14,15)16-6-4-12-13-5(6)2-1-3-11-13/h2-4,12H,1H2. The molecule has 2 rings (SSSR count). The van der Waals surface area contributed by atoms with Gasteiger partial charge in [0.15, 0.2) is 5.76 Å². The average Bonchev–Trinajstić information content (AvgIpc) is 2.60. The Morgan fingerprint density at radius 1 is 1.47 bits per heavy atom. The fraction of sp³-hybridized carbons (Fsp3) is 0.286. The first-order valence-corrected chi connectivity index (χ1v) is 5.72. The van der Waals surface area contributed by atoms with E-state index in [2.05, 4.69) is 14.7 Å². The fourth-order valence-electron chi connectivity index (χ4n) is 1.18. The van der Waals surface area contributed by atoms with Crippen LogP contribution >= 0.6 is 0 Å². The molecule has 0 spiro atoms. The van der Waals surface area contributed by atoms with Crippen LogP contribution in [0.5, 0.6) is 0 Å². The molecule has 17 heavy (non-hydrogen) atoms. The number of alkyl halides is 3. The Bertz CT molecular complexity index is 520. The van der Waals surface area contributed by atoms with Crippen LogP contribution in [0.25, 0.3) is 0 Å². The second-order valence-corrected chi connectivity index (χ2v) is 4.59. The van der Waals surface area contributed by atoms with Gasteiger partial charge in [-0.3, -0.25) is 5.43 Å². The summed E-state index contributed by atoms with van der Waals surface area (Å²) in [5.41, 5.74) is -2.90. The van der Waals surface area contributed by atoms with Crippen LogP contribution < -0.4 is 5.43 Å². The molecule has 0 fully saturated rings. The number of hydrogen-bond acceptors (Lipinski definition) is 6. The Morgan fingerprint density at radius 3 is 2.82 bits per heavy atom. The number of allylic oxidation sites excluding steroid dienone is 1. The van der Waals surface area contributed by atoms with E-state index in [0.29, 0.717) is 6.42 Å². The van der Waals surface area contributed by atoms with Crippen molar-refractivity contribution in [3.05, 3.63) is 23.7 Å². The second kappa shape index (κ2) is 3.65. The van der Waals surface area contributed by atoms with Crippen molar-refractivity contribution in [1.29, 1.82) is 0 Å². The minimum absolute atomic E-state index is 0.125. The lowest BCUT2D eigenvalue weighted by Gasteiger charge is -2.17. The topological polar surface area (TPSA) is 71.0 Å². The Morgan fingerprint density at radius 2 is 2.18 bits per heavy atom. The molecule has 0 unspecified atom stereocenters. The van der Waals surface area contributed by atoms with Crippen molar-refractivity contribution in [2.75, 3.05) is 0 Å². The molecule has 2 heterocycles. The van der Waals surface area contributed by atoms with E-state index in [-0.39, 0.29) is 5.70 Å². The molecule has 0 aromatic heterocycles. The summed E-state index contributed by atoms with van der Waals surface area (Å²) in [6.45, 7) is 0. The van der Waals surface area contributed by atoms with Crippen molar-refractivity contribution in [3.8, 4) is 0 Å². The van der Waals surface area contributed by atoms with Gasteiger partial charge in [0.1, 0.15) is 5.70 Å². The van der Waals surface area contributed by atoms with E-state index < -0.39 is 21.4 Å².